The third kappa shape index (κ3) is 2.29. The SMILES string of the molecule is CCCCCCCC(=O)O[C@@H]1[C@@H]2[C@H](CC1(C)C)[C@@H](O)[C@@]13O[C@@H]1[C@H](O)[C@@]1(CO1)[C@@]23C. The van der Waals surface area contributed by atoms with E-state index in [1.807, 2.05) is 0 Å². The molecule has 3 aliphatic carbocycles. The van der Waals surface area contributed by atoms with Gasteiger partial charge in [0.15, 0.2) is 0 Å². The molecule has 5 rings (SSSR count). The zero-order chi connectivity index (χ0) is 20.8. The van der Waals surface area contributed by atoms with Crippen LogP contribution in [0.4, 0.5) is 0 Å². The summed E-state index contributed by atoms with van der Waals surface area (Å²) >= 11 is 0. The standard InChI is InChI=1S/C23H36O6/c1-5-6-7-8-9-10-14(24)28-18-15-13(11-20(18,2)3)16(25)23-19(29-23)17(26)22(12-27-22)21(15,23)4/h13,15-19,25-26H,5-12H2,1-4H3/t13-,15-,16+,17-,18+,19+,21+,22-,23+/m0/s1. The molecule has 2 N–H and O–H groups in total. The second kappa shape index (κ2) is 6.18. The molecule has 0 amide bonds. The van der Waals surface area contributed by atoms with Crippen molar-refractivity contribution in [1.82, 2.24) is 0 Å². The van der Waals surface area contributed by atoms with Gasteiger partial charge in [-0.15, -0.1) is 0 Å². The summed E-state index contributed by atoms with van der Waals surface area (Å²) in [6, 6.07) is 0. The average molecular weight is 409 g/mol. The summed E-state index contributed by atoms with van der Waals surface area (Å²) in [6.45, 7) is 9.02. The Balaban J connectivity index is 1.37. The van der Waals surface area contributed by atoms with Crippen LogP contribution in [0.3, 0.4) is 0 Å². The number of aliphatic hydroxyl groups excluding tert-OH is 2. The lowest BCUT2D eigenvalue weighted by Crippen LogP contribution is -2.54. The van der Waals surface area contributed by atoms with Crippen LogP contribution in [0.2, 0.25) is 0 Å². The number of aliphatic hydroxyl groups is 2. The maximum absolute atomic E-state index is 12.7. The molecule has 5 fully saturated rings. The van der Waals surface area contributed by atoms with E-state index in [4.69, 9.17) is 14.2 Å². The summed E-state index contributed by atoms with van der Waals surface area (Å²) in [4.78, 5) is 12.7. The van der Waals surface area contributed by atoms with Crippen molar-refractivity contribution in [1.29, 1.82) is 0 Å². The fourth-order valence-electron chi connectivity index (χ4n) is 7.64. The molecule has 0 radical (unpaired) electrons. The fourth-order valence-corrected chi connectivity index (χ4v) is 7.64. The minimum Gasteiger partial charge on any atom is -0.461 e. The van der Waals surface area contributed by atoms with Crippen molar-refractivity contribution >= 4 is 5.97 Å². The van der Waals surface area contributed by atoms with Crippen molar-refractivity contribution < 1.29 is 29.2 Å². The fraction of sp³-hybridized carbons (Fsp3) is 0.957. The smallest absolute Gasteiger partial charge is 0.306 e. The summed E-state index contributed by atoms with van der Waals surface area (Å²) in [5, 5.41) is 22.1. The van der Waals surface area contributed by atoms with E-state index in [0.717, 1.165) is 25.7 Å². The van der Waals surface area contributed by atoms with Gasteiger partial charge >= 0.3 is 5.97 Å². The molecule has 5 aliphatic rings. The lowest BCUT2D eigenvalue weighted by Gasteiger charge is -2.42. The summed E-state index contributed by atoms with van der Waals surface area (Å²) in [7, 11) is 0. The quantitative estimate of drug-likeness (QED) is 0.382. The number of fused-ring (bicyclic) bond motifs is 3. The summed E-state index contributed by atoms with van der Waals surface area (Å²) in [5.41, 5.74) is -2.19. The molecule has 0 bridgehead atoms. The first-order chi connectivity index (χ1) is 13.7. The number of ether oxygens (including phenoxy) is 3. The van der Waals surface area contributed by atoms with Gasteiger partial charge in [-0.1, -0.05) is 53.4 Å². The lowest BCUT2D eigenvalue weighted by atomic mass is 9.64. The first kappa shape index (κ1) is 20.2. The molecule has 2 saturated heterocycles. The molecule has 6 nitrogen and oxygen atoms in total. The first-order valence-electron chi connectivity index (χ1n) is 11.5. The van der Waals surface area contributed by atoms with Crippen LogP contribution in [0, 0.1) is 22.7 Å². The largest absolute Gasteiger partial charge is 0.461 e. The number of esters is 1. The Morgan fingerprint density at radius 2 is 1.79 bits per heavy atom. The number of carbonyl (C=O) groups excluding carboxylic acids is 1. The predicted molar refractivity (Wildman–Crippen MR) is 105 cm³/mol. The maximum atomic E-state index is 12.7. The van der Waals surface area contributed by atoms with Crippen LogP contribution in [-0.2, 0) is 19.0 Å². The van der Waals surface area contributed by atoms with E-state index >= 15 is 0 Å². The molecule has 6 heteroatoms. The van der Waals surface area contributed by atoms with Gasteiger partial charge in [0.1, 0.15) is 29.5 Å². The average Bonchev–Trinajstić information content (AvgIpc) is 3.55. The van der Waals surface area contributed by atoms with Crippen LogP contribution in [0.1, 0.15) is 72.6 Å². The molecule has 0 unspecified atom stereocenters. The van der Waals surface area contributed by atoms with Gasteiger partial charge < -0.3 is 24.4 Å². The summed E-state index contributed by atoms with van der Waals surface area (Å²) in [5.74, 6) is -0.214. The topological polar surface area (TPSA) is 91.8 Å². The summed E-state index contributed by atoms with van der Waals surface area (Å²) < 4.78 is 18.0. The van der Waals surface area contributed by atoms with Crippen molar-refractivity contribution in [2.75, 3.05) is 6.61 Å². The van der Waals surface area contributed by atoms with Gasteiger partial charge in [0.2, 0.25) is 0 Å². The molecular weight excluding hydrogens is 372 g/mol. The van der Waals surface area contributed by atoms with Crippen LogP contribution in [0.5, 0.6) is 0 Å². The molecular formula is C23H36O6. The highest BCUT2D eigenvalue weighted by atomic mass is 16.7. The highest BCUT2D eigenvalue weighted by Gasteiger charge is 2.97. The van der Waals surface area contributed by atoms with Crippen LogP contribution in [-0.4, -0.2) is 58.4 Å². The second-order valence-electron chi connectivity index (χ2n) is 11.1. The van der Waals surface area contributed by atoms with Crippen molar-refractivity contribution in [3.05, 3.63) is 0 Å². The van der Waals surface area contributed by atoms with Gasteiger partial charge in [0.25, 0.3) is 0 Å². The van der Waals surface area contributed by atoms with E-state index in [9.17, 15) is 15.0 Å². The Kier molecular flexibility index (Phi) is 4.31. The molecule has 9 atom stereocenters. The number of epoxide rings is 2. The van der Waals surface area contributed by atoms with Crippen LogP contribution >= 0.6 is 0 Å². The zero-order valence-electron chi connectivity index (χ0n) is 18.1. The van der Waals surface area contributed by atoms with E-state index in [2.05, 4.69) is 27.7 Å². The van der Waals surface area contributed by atoms with E-state index in [1.165, 1.54) is 12.8 Å². The van der Waals surface area contributed by atoms with Crippen molar-refractivity contribution in [2.24, 2.45) is 22.7 Å². The van der Waals surface area contributed by atoms with Gasteiger partial charge in [0.05, 0.1) is 12.7 Å². The molecule has 0 aromatic heterocycles. The number of carbonyl (C=O) groups is 1. The lowest BCUT2D eigenvalue weighted by molar-refractivity contribution is -0.164. The third-order valence-corrected chi connectivity index (χ3v) is 9.17. The Hall–Kier alpha value is -0.690. The van der Waals surface area contributed by atoms with Gasteiger partial charge in [-0.25, -0.2) is 0 Å². The second-order valence-corrected chi connectivity index (χ2v) is 11.1. The monoisotopic (exact) mass is 408 g/mol. The van der Waals surface area contributed by atoms with Gasteiger partial charge in [0, 0.05) is 23.2 Å². The molecule has 0 aromatic rings. The highest BCUT2D eigenvalue weighted by Crippen LogP contribution is 2.82. The highest BCUT2D eigenvalue weighted by molar-refractivity contribution is 5.69. The van der Waals surface area contributed by atoms with Crippen molar-refractivity contribution in [3.63, 3.8) is 0 Å². The number of rotatable bonds is 7. The van der Waals surface area contributed by atoms with Crippen LogP contribution in [0.15, 0.2) is 0 Å². The zero-order valence-corrected chi connectivity index (χ0v) is 18.1. The first-order valence-corrected chi connectivity index (χ1v) is 11.5. The van der Waals surface area contributed by atoms with Gasteiger partial charge in [-0.3, -0.25) is 4.79 Å². The minimum absolute atomic E-state index is 0.00377. The van der Waals surface area contributed by atoms with Crippen molar-refractivity contribution in [2.45, 2.75) is 108 Å². The van der Waals surface area contributed by atoms with Crippen molar-refractivity contribution in [3.8, 4) is 0 Å². The van der Waals surface area contributed by atoms with E-state index in [0.29, 0.717) is 13.0 Å². The third-order valence-electron chi connectivity index (χ3n) is 9.17. The molecule has 164 valence electrons. The van der Waals surface area contributed by atoms with Gasteiger partial charge in [-0.05, 0) is 18.8 Å². The van der Waals surface area contributed by atoms with E-state index in [-0.39, 0.29) is 35.4 Å². The molecule has 2 heterocycles. The number of hydrogen-bond donors (Lipinski definition) is 2. The van der Waals surface area contributed by atoms with Crippen LogP contribution < -0.4 is 0 Å². The minimum atomic E-state index is -0.750. The Morgan fingerprint density at radius 3 is 2.45 bits per heavy atom. The molecule has 3 saturated carbocycles. The molecule has 0 aromatic carbocycles. The predicted octanol–water partition coefficient (Wildman–Crippen LogP) is 2.58. The summed E-state index contributed by atoms with van der Waals surface area (Å²) in [6.07, 6.45) is 4.66. The normalized spacial score (nSPS) is 52.9. The Morgan fingerprint density at radius 1 is 1.10 bits per heavy atom. The van der Waals surface area contributed by atoms with E-state index in [1.54, 1.807) is 0 Å². The Bertz CT molecular complexity index is 701. The van der Waals surface area contributed by atoms with Crippen LogP contribution in [0.25, 0.3) is 0 Å². The number of hydrogen-bond acceptors (Lipinski definition) is 6. The molecule has 29 heavy (non-hydrogen) atoms. The van der Waals surface area contributed by atoms with Gasteiger partial charge in [-0.2, -0.15) is 0 Å². The maximum Gasteiger partial charge on any atom is 0.306 e. The molecule has 2 spiro atoms. The van der Waals surface area contributed by atoms with E-state index < -0.39 is 28.8 Å². The Labute approximate surface area is 173 Å². The number of unbranched alkanes of at least 4 members (excludes halogenated alkanes) is 4. The molecule has 2 aliphatic heterocycles.